The third-order valence-electron chi connectivity index (χ3n) is 4.06. The normalized spacial score (nSPS) is 16.3. The van der Waals surface area contributed by atoms with Crippen LogP contribution in [0.2, 0.25) is 0 Å². The molecule has 0 spiro atoms. The summed E-state index contributed by atoms with van der Waals surface area (Å²) in [6.45, 7) is 4.70. The zero-order valence-electron chi connectivity index (χ0n) is 12.8. The number of halogens is 1. The topological polar surface area (TPSA) is 55.1 Å². The van der Waals surface area contributed by atoms with Crippen LogP contribution in [0.4, 0.5) is 0 Å². The Kier molecular flexibility index (Phi) is 7.04. The van der Waals surface area contributed by atoms with E-state index in [0.717, 1.165) is 12.8 Å². The Morgan fingerprint density at radius 1 is 1.33 bits per heavy atom. The molecule has 1 amide bonds. The van der Waals surface area contributed by atoms with E-state index in [1.807, 2.05) is 0 Å². The molecule has 0 bridgehead atoms. The third kappa shape index (κ3) is 4.90. The first kappa shape index (κ1) is 18.3. The van der Waals surface area contributed by atoms with Crippen LogP contribution in [0.15, 0.2) is 23.1 Å². The molecule has 3 nitrogen and oxygen atoms in total. The van der Waals surface area contributed by atoms with Crippen LogP contribution in [0.25, 0.3) is 0 Å². The lowest BCUT2D eigenvalue weighted by atomic mass is 9.98. The molecule has 3 N–H and O–H groups in total. The monoisotopic (exact) mass is 328 g/mol. The Morgan fingerprint density at radius 2 is 2.00 bits per heavy atom. The van der Waals surface area contributed by atoms with Crippen molar-refractivity contribution in [3.05, 3.63) is 29.3 Å². The van der Waals surface area contributed by atoms with Crippen LogP contribution >= 0.6 is 24.2 Å². The van der Waals surface area contributed by atoms with Crippen LogP contribution < -0.4 is 11.1 Å². The number of nitrogens with two attached hydrogens (primary N) is 1. The summed E-state index contributed by atoms with van der Waals surface area (Å²) in [4.78, 5) is 13.3. The van der Waals surface area contributed by atoms with Gasteiger partial charge in [-0.15, -0.1) is 24.2 Å². The number of carbonyl (C=O) groups excluding carboxylic acids is 1. The Bertz CT molecular complexity index is 487. The van der Waals surface area contributed by atoms with Gasteiger partial charge in [-0.05, 0) is 38.3 Å². The Labute approximate surface area is 137 Å². The molecule has 1 aliphatic carbocycles. The van der Waals surface area contributed by atoms with Gasteiger partial charge in [-0.2, -0.15) is 0 Å². The molecule has 1 aromatic carbocycles. The quantitative estimate of drug-likeness (QED) is 0.816. The molecular formula is C16H25ClN2OS. The molecule has 0 aromatic heterocycles. The molecule has 118 valence electrons. The van der Waals surface area contributed by atoms with E-state index >= 15 is 0 Å². The van der Waals surface area contributed by atoms with Crippen molar-refractivity contribution < 1.29 is 4.79 Å². The van der Waals surface area contributed by atoms with E-state index in [0.29, 0.717) is 12.3 Å². The van der Waals surface area contributed by atoms with Gasteiger partial charge in [-0.25, -0.2) is 0 Å². The SMILES string of the molecule is Cc1ccc(C)c(SCC(=O)NC2(CN)CCCC2)c1.Cl. The van der Waals surface area contributed by atoms with Gasteiger partial charge in [0.25, 0.3) is 0 Å². The number of nitrogens with one attached hydrogen (secondary N) is 1. The molecule has 1 saturated carbocycles. The van der Waals surface area contributed by atoms with Crippen molar-refractivity contribution in [3.63, 3.8) is 0 Å². The number of amides is 1. The lowest BCUT2D eigenvalue weighted by Crippen LogP contribution is -2.52. The Balaban J connectivity index is 0.00000220. The number of thioether (sulfide) groups is 1. The minimum absolute atomic E-state index is 0. The molecule has 0 radical (unpaired) electrons. The highest BCUT2D eigenvalue weighted by Gasteiger charge is 2.33. The molecule has 1 aromatic rings. The minimum atomic E-state index is -0.140. The molecular weight excluding hydrogens is 304 g/mol. The van der Waals surface area contributed by atoms with Crippen molar-refractivity contribution in [1.29, 1.82) is 0 Å². The number of rotatable bonds is 5. The van der Waals surface area contributed by atoms with E-state index in [1.165, 1.54) is 28.9 Å². The van der Waals surface area contributed by atoms with Gasteiger partial charge in [0.15, 0.2) is 0 Å². The Morgan fingerprint density at radius 3 is 2.62 bits per heavy atom. The predicted octanol–water partition coefficient (Wildman–Crippen LogP) is 3.21. The van der Waals surface area contributed by atoms with Crippen molar-refractivity contribution in [3.8, 4) is 0 Å². The second-order valence-corrected chi connectivity index (χ2v) is 6.81. The fraction of sp³-hybridized carbons (Fsp3) is 0.562. The van der Waals surface area contributed by atoms with E-state index in [-0.39, 0.29) is 23.9 Å². The van der Waals surface area contributed by atoms with Gasteiger partial charge in [0, 0.05) is 11.4 Å². The minimum Gasteiger partial charge on any atom is -0.349 e. The van der Waals surface area contributed by atoms with Gasteiger partial charge in [0.1, 0.15) is 0 Å². The summed E-state index contributed by atoms with van der Waals surface area (Å²) in [5, 5.41) is 3.16. The van der Waals surface area contributed by atoms with Gasteiger partial charge in [0.2, 0.25) is 5.91 Å². The maximum Gasteiger partial charge on any atom is 0.230 e. The fourth-order valence-electron chi connectivity index (χ4n) is 2.77. The van der Waals surface area contributed by atoms with E-state index < -0.39 is 0 Å². The van der Waals surface area contributed by atoms with Crippen molar-refractivity contribution in [2.24, 2.45) is 5.73 Å². The first-order chi connectivity index (χ1) is 9.54. The summed E-state index contributed by atoms with van der Waals surface area (Å²) in [6.07, 6.45) is 4.37. The molecule has 0 heterocycles. The average molecular weight is 329 g/mol. The standard InChI is InChI=1S/C16H24N2OS.ClH/c1-12-5-6-13(2)14(9-12)20-10-15(19)18-16(11-17)7-3-4-8-16;/h5-6,9H,3-4,7-8,10-11,17H2,1-2H3,(H,18,19);1H. The molecule has 0 unspecified atom stereocenters. The molecule has 1 fully saturated rings. The maximum absolute atomic E-state index is 12.1. The lowest BCUT2D eigenvalue weighted by Gasteiger charge is -2.28. The molecule has 0 atom stereocenters. The molecule has 21 heavy (non-hydrogen) atoms. The van der Waals surface area contributed by atoms with E-state index in [4.69, 9.17) is 5.73 Å². The second-order valence-electron chi connectivity index (χ2n) is 5.80. The van der Waals surface area contributed by atoms with Crippen LogP contribution in [0.1, 0.15) is 36.8 Å². The second kappa shape index (κ2) is 8.06. The predicted molar refractivity (Wildman–Crippen MR) is 92.3 cm³/mol. The molecule has 5 heteroatoms. The smallest absolute Gasteiger partial charge is 0.230 e. The van der Waals surface area contributed by atoms with Crippen molar-refractivity contribution in [2.45, 2.75) is 50.0 Å². The van der Waals surface area contributed by atoms with Crippen LogP contribution in [-0.2, 0) is 4.79 Å². The highest BCUT2D eigenvalue weighted by molar-refractivity contribution is 8.00. The number of aryl methyl sites for hydroxylation is 2. The summed E-state index contributed by atoms with van der Waals surface area (Å²) in [5.41, 5.74) is 8.16. The van der Waals surface area contributed by atoms with Gasteiger partial charge >= 0.3 is 0 Å². The highest BCUT2D eigenvalue weighted by atomic mass is 35.5. The zero-order chi connectivity index (χ0) is 14.6. The first-order valence-electron chi connectivity index (χ1n) is 7.26. The zero-order valence-corrected chi connectivity index (χ0v) is 14.4. The molecule has 1 aliphatic rings. The van der Waals surface area contributed by atoms with Crippen LogP contribution in [0, 0.1) is 13.8 Å². The van der Waals surface area contributed by atoms with E-state index in [2.05, 4.69) is 37.4 Å². The summed E-state index contributed by atoms with van der Waals surface area (Å²) in [5.74, 6) is 0.565. The molecule has 2 rings (SSSR count). The van der Waals surface area contributed by atoms with Crippen molar-refractivity contribution >= 4 is 30.1 Å². The van der Waals surface area contributed by atoms with Crippen molar-refractivity contribution in [2.75, 3.05) is 12.3 Å². The Hall–Kier alpha value is -0.710. The molecule has 0 saturated heterocycles. The van der Waals surface area contributed by atoms with E-state index in [9.17, 15) is 4.79 Å². The highest BCUT2D eigenvalue weighted by Crippen LogP contribution is 2.29. The van der Waals surface area contributed by atoms with Crippen LogP contribution in [-0.4, -0.2) is 23.7 Å². The number of benzene rings is 1. The summed E-state index contributed by atoms with van der Waals surface area (Å²) in [6, 6.07) is 6.34. The van der Waals surface area contributed by atoms with Gasteiger partial charge in [-0.1, -0.05) is 30.5 Å². The summed E-state index contributed by atoms with van der Waals surface area (Å²) >= 11 is 1.61. The average Bonchev–Trinajstić information content (AvgIpc) is 2.89. The summed E-state index contributed by atoms with van der Waals surface area (Å²) < 4.78 is 0. The maximum atomic E-state index is 12.1. The van der Waals surface area contributed by atoms with Gasteiger partial charge in [-0.3, -0.25) is 4.79 Å². The lowest BCUT2D eigenvalue weighted by molar-refractivity contribution is -0.120. The van der Waals surface area contributed by atoms with E-state index in [1.54, 1.807) is 11.8 Å². The van der Waals surface area contributed by atoms with Crippen LogP contribution in [0.3, 0.4) is 0 Å². The van der Waals surface area contributed by atoms with Crippen molar-refractivity contribution in [1.82, 2.24) is 5.32 Å². The van der Waals surface area contributed by atoms with Gasteiger partial charge < -0.3 is 11.1 Å². The fourth-order valence-corrected chi connectivity index (χ4v) is 3.69. The summed E-state index contributed by atoms with van der Waals surface area (Å²) in [7, 11) is 0. The largest absolute Gasteiger partial charge is 0.349 e. The third-order valence-corrected chi connectivity index (χ3v) is 5.22. The number of hydrogen-bond donors (Lipinski definition) is 2. The number of hydrogen-bond acceptors (Lipinski definition) is 3. The number of carbonyl (C=O) groups is 1. The first-order valence-corrected chi connectivity index (χ1v) is 8.24. The molecule has 0 aliphatic heterocycles. The van der Waals surface area contributed by atoms with Crippen LogP contribution in [0.5, 0.6) is 0 Å². The van der Waals surface area contributed by atoms with Gasteiger partial charge in [0.05, 0.1) is 11.3 Å².